The van der Waals surface area contributed by atoms with Crippen molar-refractivity contribution in [1.82, 2.24) is 20.1 Å². The van der Waals surface area contributed by atoms with Crippen LogP contribution < -0.4 is 5.32 Å². The molecule has 2 aromatic heterocycles. The molecule has 0 bridgehead atoms. The first kappa shape index (κ1) is 22.0. The largest absolute Gasteiger partial charge is 0.467 e. The highest BCUT2D eigenvalue weighted by molar-refractivity contribution is 8.00. The van der Waals surface area contributed by atoms with E-state index in [1.165, 1.54) is 37.4 Å². The van der Waals surface area contributed by atoms with Gasteiger partial charge in [-0.1, -0.05) is 49.0 Å². The maximum Gasteiger partial charge on any atom is 0.233 e. The molecule has 0 spiro atoms. The number of amides is 1. The maximum atomic E-state index is 12.8. The Labute approximate surface area is 191 Å². The Balaban J connectivity index is 1.52. The summed E-state index contributed by atoms with van der Waals surface area (Å²) in [5, 5.41) is 13.1. The summed E-state index contributed by atoms with van der Waals surface area (Å²) in [4.78, 5) is 12.8. The first-order chi connectivity index (χ1) is 15.1. The minimum atomic E-state index is -0.277. The van der Waals surface area contributed by atoms with Crippen LogP contribution in [0, 0.1) is 0 Å². The predicted octanol–water partition coefficient (Wildman–Crippen LogP) is 5.56. The van der Waals surface area contributed by atoms with E-state index in [1.807, 2.05) is 47.9 Å². The van der Waals surface area contributed by atoms with Crippen molar-refractivity contribution >= 4 is 29.3 Å². The number of rotatable bonds is 7. The average Bonchev–Trinajstić information content (AvgIpc) is 3.34. The van der Waals surface area contributed by atoms with Gasteiger partial charge in [0.05, 0.1) is 18.1 Å². The molecule has 1 amide bonds. The molecule has 0 aliphatic heterocycles. The van der Waals surface area contributed by atoms with Crippen molar-refractivity contribution in [1.29, 1.82) is 0 Å². The molecule has 8 heteroatoms. The van der Waals surface area contributed by atoms with Gasteiger partial charge >= 0.3 is 0 Å². The van der Waals surface area contributed by atoms with E-state index in [1.54, 1.807) is 6.26 Å². The van der Waals surface area contributed by atoms with Crippen molar-refractivity contribution in [2.75, 3.05) is 0 Å². The topological polar surface area (TPSA) is 73.0 Å². The van der Waals surface area contributed by atoms with Crippen LogP contribution >= 0.6 is 23.4 Å². The second-order valence-corrected chi connectivity index (χ2v) is 9.68. The third kappa shape index (κ3) is 5.71. The van der Waals surface area contributed by atoms with Gasteiger partial charge in [0.2, 0.25) is 5.91 Å². The Hall–Kier alpha value is -2.25. The van der Waals surface area contributed by atoms with Gasteiger partial charge in [0.15, 0.2) is 11.0 Å². The van der Waals surface area contributed by atoms with Crippen molar-refractivity contribution in [2.24, 2.45) is 0 Å². The lowest BCUT2D eigenvalue weighted by Gasteiger charge is -2.19. The predicted molar refractivity (Wildman–Crippen MR) is 123 cm³/mol. The van der Waals surface area contributed by atoms with Gasteiger partial charge in [-0.25, -0.2) is 0 Å². The quantitative estimate of drug-likeness (QED) is 0.370. The zero-order valence-electron chi connectivity index (χ0n) is 17.6. The Morgan fingerprint density at radius 3 is 2.61 bits per heavy atom. The highest BCUT2D eigenvalue weighted by Gasteiger charge is 2.23. The number of hydrogen-bond acceptors (Lipinski definition) is 5. The lowest BCUT2D eigenvalue weighted by molar-refractivity contribution is -0.121. The lowest BCUT2D eigenvalue weighted by atomic mass is 10.1. The molecule has 1 saturated carbocycles. The van der Waals surface area contributed by atoms with Crippen molar-refractivity contribution in [3.05, 3.63) is 53.4 Å². The van der Waals surface area contributed by atoms with Gasteiger partial charge in [0.1, 0.15) is 5.76 Å². The molecule has 1 N–H and O–H groups in total. The Morgan fingerprint density at radius 2 is 1.94 bits per heavy atom. The minimum Gasteiger partial charge on any atom is -0.467 e. The molecule has 31 heavy (non-hydrogen) atoms. The molecule has 164 valence electrons. The molecular weight excluding hydrogens is 432 g/mol. The van der Waals surface area contributed by atoms with Crippen molar-refractivity contribution in [3.63, 3.8) is 0 Å². The molecule has 0 radical (unpaired) electrons. The van der Waals surface area contributed by atoms with Gasteiger partial charge in [-0.05, 0) is 56.2 Å². The highest BCUT2D eigenvalue weighted by Crippen LogP contribution is 2.29. The highest BCUT2D eigenvalue weighted by atomic mass is 35.5. The van der Waals surface area contributed by atoms with Gasteiger partial charge in [0.25, 0.3) is 0 Å². The normalized spacial score (nSPS) is 16.1. The molecule has 1 aliphatic rings. The zero-order chi connectivity index (χ0) is 21.6. The van der Waals surface area contributed by atoms with Crippen LogP contribution in [0.2, 0.25) is 5.02 Å². The SMILES string of the molecule is CC(Sc1nnc(-c2ccc(Cl)cc2)n1Cc1ccco1)C(=O)NC1CCCCCC1. The number of halogens is 1. The van der Waals surface area contributed by atoms with E-state index in [2.05, 4.69) is 15.5 Å². The number of aromatic nitrogens is 3. The van der Waals surface area contributed by atoms with E-state index >= 15 is 0 Å². The second kappa shape index (κ2) is 10.4. The molecule has 1 aliphatic carbocycles. The van der Waals surface area contributed by atoms with Crippen LogP contribution in [-0.4, -0.2) is 32.0 Å². The van der Waals surface area contributed by atoms with Crippen LogP contribution in [0.25, 0.3) is 11.4 Å². The maximum absolute atomic E-state index is 12.8. The number of nitrogens with zero attached hydrogens (tertiary/aromatic N) is 3. The summed E-state index contributed by atoms with van der Waals surface area (Å²) in [5.41, 5.74) is 0.908. The fourth-order valence-electron chi connectivity index (χ4n) is 3.84. The number of furan rings is 1. The molecule has 3 aromatic rings. The van der Waals surface area contributed by atoms with Gasteiger partial charge in [-0.15, -0.1) is 10.2 Å². The molecule has 1 atom stereocenters. The first-order valence-electron chi connectivity index (χ1n) is 10.8. The number of thioether (sulfide) groups is 1. The molecule has 6 nitrogen and oxygen atoms in total. The molecule has 1 unspecified atom stereocenters. The number of hydrogen-bond donors (Lipinski definition) is 1. The minimum absolute atomic E-state index is 0.0532. The van der Waals surface area contributed by atoms with E-state index in [-0.39, 0.29) is 17.2 Å². The molecule has 1 fully saturated rings. The summed E-state index contributed by atoms with van der Waals surface area (Å²) in [5.74, 6) is 1.57. The second-order valence-electron chi connectivity index (χ2n) is 7.94. The van der Waals surface area contributed by atoms with Crippen molar-refractivity contribution < 1.29 is 9.21 Å². The van der Waals surface area contributed by atoms with Gasteiger partial charge < -0.3 is 9.73 Å². The summed E-state index contributed by atoms with van der Waals surface area (Å²) < 4.78 is 7.54. The number of carbonyl (C=O) groups excluding carboxylic acids is 1. The monoisotopic (exact) mass is 458 g/mol. The van der Waals surface area contributed by atoms with Crippen LogP contribution in [0.3, 0.4) is 0 Å². The fourth-order valence-corrected chi connectivity index (χ4v) is 4.83. The summed E-state index contributed by atoms with van der Waals surface area (Å²) in [6, 6.07) is 11.6. The van der Waals surface area contributed by atoms with Crippen LogP contribution in [0.1, 0.15) is 51.2 Å². The third-order valence-electron chi connectivity index (χ3n) is 5.57. The van der Waals surface area contributed by atoms with Crippen LogP contribution in [0.15, 0.2) is 52.2 Å². The van der Waals surface area contributed by atoms with E-state index in [4.69, 9.17) is 16.0 Å². The van der Waals surface area contributed by atoms with Gasteiger partial charge in [-0.2, -0.15) is 0 Å². The lowest BCUT2D eigenvalue weighted by Crippen LogP contribution is -2.39. The Kier molecular flexibility index (Phi) is 7.35. The van der Waals surface area contributed by atoms with E-state index in [9.17, 15) is 4.79 Å². The van der Waals surface area contributed by atoms with Crippen LogP contribution in [-0.2, 0) is 11.3 Å². The van der Waals surface area contributed by atoms with E-state index < -0.39 is 0 Å². The van der Waals surface area contributed by atoms with Crippen molar-refractivity contribution in [2.45, 2.75) is 68.4 Å². The molecule has 4 rings (SSSR count). The zero-order valence-corrected chi connectivity index (χ0v) is 19.2. The van der Waals surface area contributed by atoms with Crippen LogP contribution in [0.4, 0.5) is 0 Å². The Morgan fingerprint density at radius 1 is 1.19 bits per heavy atom. The van der Waals surface area contributed by atoms with E-state index in [0.29, 0.717) is 22.5 Å². The third-order valence-corrected chi connectivity index (χ3v) is 6.90. The summed E-state index contributed by atoms with van der Waals surface area (Å²) in [6.07, 6.45) is 8.69. The number of carbonyl (C=O) groups is 1. The van der Waals surface area contributed by atoms with Crippen molar-refractivity contribution in [3.8, 4) is 11.4 Å². The Bertz CT molecular complexity index is 980. The number of benzene rings is 1. The summed E-state index contributed by atoms with van der Waals surface area (Å²) in [7, 11) is 0. The standard InChI is InChI=1S/C23H27ClN4O2S/c1-16(22(29)25-19-7-4-2-3-5-8-19)31-23-27-26-21(17-10-12-18(24)13-11-17)28(23)15-20-9-6-14-30-20/h6,9-14,16,19H,2-5,7-8,15H2,1H3,(H,25,29). The molecular formula is C23H27ClN4O2S. The van der Waals surface area contributed by atoms with Gasteiger partial charge in [0, 0.05) is 16.6 Å². The van der Waals surface area contributed by atoms with Gasteiger partial charge in [-0.3, -0.25) is 9.36 Å². The smallest absolute Gasteiger partial charge is 0.233 e. The first-order valence-corrected chi connectivity index (χ1v) is 12.0. The molecule has 2 heterocycles. The molecule has 1 aromatic carbocycles. The summed E-state index contributed by atoms with van der Waals surface area (Å²) >= 11 is 7.47. The average molecular weight is 459 g/mol. The van der Waals surface area contributed by atoms with E-state index in [0.717, 1.165) is 24.2 Å². The number of nitrogens with one attached hydrogen (secondary N) is 1. The fraction of sp³-hybridized carbons (Fsp3) is 0.435. The summed E-state index contributed by atoms with van der Waals surface area (Å²) in [6.45, 7) is 2.40. The molecule has 0 saturated heterocycles. The van der Waals surface area contributed by atoms with Crippen LogP contribution in [0.5, 0.6) is 0 Å².